The summed E-state index contributed by atoms with van der Waals surface area (Å²) in [7, 11) is 0. The van der Waals surface area contributed by atoms with E-state index < -0.39 is 11.9 Å². The molecule has 2 aromatic rings. The molecule has 2 N–H and O–H groups in total. The summed E-state index contributed by atoms with van der Waals surface area (Å²) in [5.74, 6) is -1.91. The van der Waals surface area contributed by atoms with Crippen molar-refractivity contribution in [1.29, 1.82) is 0 Å². The van der Waals surface area contributed by atoms with Crippen LogP contribution in [0, 0.1) is 0 Å². The molecular formula is C50H82BaO8. The van der Waals surface area contributed by atoms with Crippen LogP contribution < -0.4 is 10.2 Å². The molecular weight excluding hydrogens is 866 g/mol. The third kappa shape index (κ3) is 38.2. The first kappa shape index (κ1) is 57.8. The predicted molar refractivity (Wildman–Crippen MR) is 238 cm³/mol. The zero-order chi connectivity index (χ0) is 42.3. The van der Waals surface area contributed by atoms with E-state index in [2.05, 4.69) is 24.3 Å². The second-order valence-corrected chi connectivity index (χ2v) is 16.3. The van der Waals surface area contributed by atoms with Crippen molar-refractivity contribution in [3.8, 4) is 0 Å². The van der Waals surface area contributed by atoms with E-state index in [1.807, 2.05) is 50.2 Å². The van der Waals surface area contributed by atoms with Crippen molar-refractivity contribution in [1.82, 2.24) is 0 Å². The number of hydrogen-bond donors (Lipinski definition) is 2. The zero-order valence-electron chi connectivity index (χ0n) is 37.3. The third-order valence-corrected chi connectivity index (χ3v) is 11.0. The average Bonchev–Trinajstić information content (AvgIpc) is 3.23. The van der Waals surface area contributed by atoms with Gasteiger partial charge >= 0.3 is 48.9 Å². The van der Waals surface area contributed by atoms with Crippen LogP contribution in [0.15, 0.2) is 60.7 Å². The van der Waals surface area contributed by atoms with Gasteiger partial charge in [0.2, 0.25) is 0 Å². The average molecular weight is 949 g/mol. The zero-order valence-corrected chi connectivity index (χ0v) is 41.8. The van der Waals surface area contributed by atoms with Crippen molar-refractivity contribution >= 4 is 60.8 Å². The fourth-order valence-electron chi connectivity index (χ4n) is 7.16. The minimum Gasteiger partial charge on any atom is -0.550 e. The number of unbranched alkanes of at least 4 members (excludes halogenated alkanes) is 14. The molecule has 0 heterocycles. The molecule has 0 aliphatic heterocycles. The number of ether oxygens (including phenoxy) is 2. The Morgan fingerprint density at radius 2 is 0.729 bits per heavy atom. The summed E-state index contributed by atoms with van der Waals surface area (Å²) < 4.78 is 12.4. The largest absolute Gasteiger partial charge is 2.00 e. The number of aliphatic carboxylic acids is 2. The Bertz CT molecular complexity index is 1110. The molecule has 59 heavy (non-hydrogen) atoms. The number of carbonyl (C=O) groups is 2. The Morgan fingerprint density at radius 1 is 0.458 bits per heavy atom. The van der Waals surface area contributed by atoms with Crippen LogP contribution in [-0.4, -0.2) is 95.4 Å². The fourth-order valence-corrected chi connectivity index (χ4v) is 7.16. The molecule has 2 rings (SSSR count). The Morgan fingerprint density at radius 3 is 1.02 bits per heavy atom. The molecule has 2 aromatic carbocycles. The van der Waals surface area contributed by atoms with E-state index in [1.165, 1.54) is 75.3 Å². The maximum absolute atomic E-state index is 10.5. The van der Waals surface area contributed by atoms with Crippen LogP contribution in [0.2, 0.25) is 0 Å². The fraction of sp³-hybridized carbons (Fsp3) is 0.720. The Hall–Kier alpha value is -1.21. The van der Waals surface area contributed by atoms with Gasteiger partial charge in [-0.3, -0.25) is 0 Å². The van der Waals surface area contributed by atoms with E-state index in [4.69, 9.17) is 9.47 Å². The van der Waals surface area contributed by atoms with Gasteiger partial charge in [0.25, 0.3) is 0 Å². The predicted octanol–water partition coefficient (Wildman–Crippen LogP) is 9.95. The topological polar surface area (TPSA) is 139 Å². The minimum atomic E-state index is -0.953. The van der Waals surface area contributed by atoms with Gasteiger partial charge in [0.1, 0.15) is 0 Å². The van der Waals surface area contributed by atoms with E-state index in [0.717, 1.165) is 89.9 Å². The molecule has 4 unspecified atom stereocenters. The summed E-state index contributed by atoms with van der Waals surface area (Å²) in [4.78, 5) is 21.0. The maximum atomic E-state index is 10.5. The molecule has 0 bridgehead atoms. The molecule has 4 atom stereocenters. The molecule has 0 amide bonds. The van der Waals surface area contributed by atoms with Crippen LogP contribution in [0.5, 0.6) is 0 Å². The van der Waals surface area contributed by atoms with Gasteiger partial charge in [-0.25, -0.2) is 0 Å². The normalized spacial score (nSPS) is 13.1. The first-order valence-electron chi connectivity index (χ1n) is 23.3. The van der Waals surface area contributed by atoms with Crippen molar-refractivity contribution in [2.45, 2.75) is 231 Å². The second-order valence-electron chi connectivity index (χ2n) is 16.3. The summed E-state index contributed by atoms with van der Waals surface area (Å²) in [5, 5.41) is 40.2. The van der Waals surface area contributed by atoms with Gasteiger partial charge in [0.05, 0.1) is 37.6 Å². The smallest absolute Gasteiger partial charge is 0.550 e. The summed E-state index contributed by atoms with van der Waals surface area (Å²) in [6.07, 6.45) is 28.0. The molecule has 0 aliphatic rings. The van der Waals surface area contributed by atoms with E-state index in [1.54, 1.807) is 0 Å². The molecule has 0 saturated carbocycles. The van der Waals surface area contributed by atoms with Gasteiger partial charge < -0.3 is 39.5 Å². The Kier molecular flexibility index (Phi) is 41.2. The quantitative estimate of drug-likeness (QED) is 0.0501. The molecule has 332 valence electrons. The van der Waals surface area contributed by atoms with Crippen LogP contribution in [0.1, 0.15) is 205 Å². The molecule has 8 nitrogen and oxygen atoms in total. The number of carboxylic acid groups (broad SMARTS) is 2. The van der Waals surface area contributed by atoms with Gasteiger partial charge in [-0.05, 0) is 88.2 Å². The van der Waals surface area contributed by atoms with Crippen molar-refractivity contribution in [2.75, 3.05) is 0 Å². The summed E-state index contributed by atoms with van der Waals surface area (Å²) in [6, 6.07) is 20.5. The molecule has 0 aromatic heterocycles. The Balaban J connectivity index is 0.00000112. The number of benzene rings is 2. The van der Waals surface area contributed by atoms with E-state index in [9.17, 15) is 30.0 Å². The maximum Gasteiger partial charge on any atom is 2.00 e. The molecule has 0 aliphatic carbocycles. The number of rotatable bonds is 38. The molecule has 0 radical (unpaired) electrons. The van der Waals surface area contributed by atoms with Crippen molar-refractivity contribution in [2.24, 2.45) is 0 Å². The number of aliphatic hydroxyl groups excluding tert-OH is 2. The molecule has 9 heteroatoms. The molecule has 0 fully saturated rings. The molecule has 0 saturated heterocycles. The van der Waals surface area contributed by atoms with Gasteiger partial charge in [-0.2, -0.15) is 0 Å². The number of carbonyl (C=O) groups excluding carboxylic acids is 2. The van der Waals surface area contributed by atoms with Crippen LogP contribution in [0.25, 0.3) is 0 Å². The van der Waals surface area contributed by atoms with Crippen molar-refractivity contribution in [3.05, 3.63) is 71.8 Å². The first-order valence-corrected chi connectivity index (χ1v) is 23.3. The van der Waals surface area contributed by atoms with Crippen LogP contribution in [-0.2, 0) is 32.3 Å². The van der Waals surface area contributed by atoms with Crippen LogP contribution >= 0.6 is 0 Å². The van der Waals surface area contributed by atoms with E-state index in [-0.39, 0.29) is 86.1 Å². The van der Waals surface area contributed by atoms with Gasteiger partial charge in [0, 0.05) is 11.9 Å². The van der Waals surface area contributed by atoms with E-state index in [0.29, 0.717) is 26.1 Å². The number of carboxylic acids is 2. The third-order valence-electron chi connectivity index (χ3n) is 11.0. The second kappa shape index (κ2) is 42.1. The Labute approximate surface area is 400 Å². The monoisotopic (exact) mass is 949 g/mol. The van der Waals surface area contributed by atoms with Crippen LogP contribution in [0.3, 0.4) is 0 Å². The standard InChI is InChI=1S/2C25H42O4.Ba/c2*1-2-23(26)17-11-5-3-4-6-12-18-24(19-13-8-14-20-25(27)28)29-21-22-15-9-7-10-16-22;/h2*7,9-10,15-16,23-24,26H,2-6,8,11-14,17-21H2,1H3,(H,27,28);/q;;+2/p-2. The van der Waals surface area contributed by atoms with Crippen molar-refractivity contribution < 1.29 is 39.5 Å². The minimum absolute atomic E-state index is 0. The van der Waals surface area contributed by atoms with Crippen LogP contribution in [0.4, 0.5) is 0 Å². The van der Waals surface area contributed by atoms with Crippen molar-refractivity contribution in [3.63, 3.8) is 0 Å². The summed E-state index contributed by atoms with van der Waals surface area (Å²) in [5.41, 5.74) is 2.40. The number of aliphatic hydroxyl groups is 2. The first-order chi connectivity index (χ1) is 28.2. The summed E-state index contributed by atoms with van der Waals surface area (Å²) in [6.45, 7) is 5.35. The number of hydrogen-bond acceptors (Lipinski definition) is 8. The van der Waals surface area contributed by atoms with Gasteiger partial charge in [0.15, 0.2) is 0 Å². The molecule has 0 spiro atoms. The summed E-state index contributed by atoms with van der Waals surface area (Å²) >= 11 is 0. The van der Waals surface area contributed by atoms with Gasteiger partial charge in [-0.15, -0.1) is 0 Å². The van der Waals surface area contributed by atoms with E-state index >= 15 is 0 Å². The van der Waals surface area contributed by atoms with Gasteiger partial charge in [-0.1, -0.05) is 177 Å². The SMILES string of the molecule is CCC(O)CCCCCCCCC(CCCCCC(=O)[O-])OCc1ccccc1.CCC(O)CCCCCCCCC(CCCCCC(=O)[O-])OCc1ccccc1.[Ba+2].